The molecule has 0 aliphatic carbocycles. The maximum absolute atomic E-state index is 9.51. The molecule has 0 aromatic carbocycles. The van der Waals surface area contributed by atoms with Gasteiger partial charge in [0.2, 0.25) is 0 Å². The molecule has 0 aliphatic heterocycles. The molecule has 0 aromatic heterocycles. The van der Waals surface area contributed by atoms with Gasteiger partial charge in [0, 0.05) is 65.4 Å². The van der Waals surface area contributed by atoms with Crippen molar-refractivity contribution in [3.63, 3.8) is 0 Å². The molecule has 0 saturated heterocycles. The summed E-state index contributed by atoms with van der Waals surface area (Å²) in [6, 6.07) is 0. The van der Waals surface area contributed by atoms with E-state index in [1.165, 1.54) is 0 Å². The van der Waals surface area contributed by atoms with Crippen LogP contribution in [0.5, 0.6) is 0 Å². The van der Waals surface area contributed by atoms with Gasteiger partial charge in [-0.05, 0) is 6.92 Å². The Labute approximate surface area is 140 Å². The van der Waals surface area contributed by atoms with Crippen molar-refractivity contribution in [2.45, 2.75) is 13.0 Å². The Balaban J connectivity index is 4.16. The highest BCUT2D eigenvalue weighted by atomic mass is 16.3. The summed E-state index contributed by atoms with van der Waals surface area (Å²) in [4.78, 5) is 4.35. The Kier molecular flexibility index (Phi) is 16.3. The molecule has 23 heavy (non-hydrogen) atoms. The minimum atomic E-state index is -0.410. The highest BCUT2D eigenvalue weighted by Crippen LogP contribution is 1.95. The summed E-state index contributed by atoms with van der Waals surface area (Å²) in [5.74, 6) is 0. The molecular formula is C15H36N4O4. The van der Waals surface area contributed by atoms with Gasteiger partial charge in [0.25, 0.3) is 0 Å². The number of nitrogens with zero attached hydrogens (tertiary/aromatic N) is 2. The third-order valence-electron chi connectivity index (χ3n) is 3.46. The van der Waals surface area contributed by atoms with Crippen LogP contribution in [-0.4, -0.2) is 122 Å². The molecule has 0 amide bonds. The second-order valence-electron chi connectivity index (χ2n) is 5.66. The van der Waals surface area contributed by atoms with E-state index in [0.29, 0.717) is 26.2 Å². The molecular weight excluding hydrogens is 300 g/mol. The van der Waals surface area contributed by atoms with E-state index in [-0.39, 0.29) is 19.8 Å². The zero-order chi connectivity index (χ0) is 17.3. The average Bonchev–Trinajstić information content (AvgIpc) is 2.51. The van der Waals surface area contributed by atoms with Crippen LogP contribution >= 0.6 is 0 Å². The fraction of sp³-hybridized carbons (Fsp3) is 1.00. The predicted molar refractivity (Wildman–Crippen MR) is 91.6 cm³/mol. The number of hydrogen-bond donors (Lipinski definition) is 6. The lowest BCUT2D eigenvalue weighted by molar-refractivity contribution is 0.102. The lowest BCUT2D eigenvalue weighted by Crippen LogP contribution is -2.44. The van der Waals surface area contributed by atoms with Gasteiger partial charge in [-0.25, -0.2) is 0 Å². The second kappa shape index (κ2) is 16.5. The van der Waals surface area contributed by atoms with Gasteiger partial charge in [0.1, 0.15) is 0 Å². The maximum atomic E-state index is 9.51. The molecule has 0 saturated carbocycles. The van der Waals surface area contributed by atoms with E-state index in [0.717, 1.165) is 39.3 Å². The van der Waals surface area contributed by atoms with Crippen molar-refractivity contribution in [2.24, 2.45) is 0 Å². The fourth-order valence-corrected chi connectivity index (χ4v) is 2.31. The SMILES string of the molecule is CC(O)CN(CCO)CCN(CCNCCO)CCNCCO. The minimum Gasteiger partial charge on any atom is -0.395 e. The average molecular weight is 336 g/mol. The molecule has 8 nitrogen and oxygen atoms in total. The normalized spacial score (nSPS) is 13.2. The topological polar surface area (TPSA) is 111 Å². The van der Waals surface area contributed by atoms with E-state index in [4.69, 9.17) is 15.3 Å². The first-order chi connectivity index (χ1) is 11.1. The third kappa shape index (κ3) is 15.0. The molecule has 6 N–H and O–H groups in total. The van der Waals surface area contributed by atoms with E-state index in [1.807, 2.05) is 0 Å². The Morgan fingerprint density at radius 2 is 1.22 bits per heavy atom. The van der Waals surface area contributed by atoms with E-state index >= 15 is 0 Å². The maximum Gasteiger partial charge on any atom is 0.0639 e. The van der Waals surface area contributed by atoms with Crippen molar-refractivity contribution in [3.8, 4) is 0 Å². The predicted octanol–water partition coefficient (Wildman–Crippen LogP) is -2.87. The smallest absolute Gasteiger partial charge is 0.0639 e. The Morgan fingerprint density at radius 3 is 1.65 bits per heavy atom. The highest BCUT2D eigenvalue weighted by Gasteiger charge is 2.11. The monoisotopic (exact) mass is 336 g/mol. The van der Waals surface area contributed by atoms with Crippen LogP contribution < -0.4 is 10.6 Å². The van der Waals surface area contributed by atoms with Crippen molar-refractivity contribution < 1.29 is 20.4 Å². The first-order valence-electron chi connectivity index (χ1n) is 8.50. The lowest BCUT2D eigenvalue weighted by atomic mass is 10.3. The number of hydrogen-bond acceptors (Lipinski definition) is 8. The molecule has 0 aromatic rings. The van der Waals surface area contributed by atoms with Crippen LogP contribution in [0.1, 0.15) is 6.92 Å². The first-order valence-corrected chi connectivity index (χ1v) is 8.50. The molecule has 8 heteroatoms. The Morgan fingerprint density at radius 1 is 0.696 bits per heavy atom. The molecule has 1 unspecified atom stereocenters. The minimum absolute atomic E-state index is 0.0861. The van der Waals surface area contributed by atoms with Crippen molar-refractivity contribution >= 4 is 0 Å². The van der Waals surface area contributed by atoms with Crippen molar-refractivity contribution in [2.75, 3.05) is 85.3 Å². The summed E-state index contributed by atoms with van der Waals surface area (Å²) in [5, 5.41) is 42.5. The van der Waals surface area contributed by atoms with E-state index in [2.05, 4.69) is 20.4 Å². The summed E-state index contributed by atoms with van der Waals surface area (Å²) in [7, 11) is 0. The fourth-order valence-electron chi connectivity index (χ4n) is 2.31. The van der Waals surface area contributed by atoms with Crippen LogP contribution in [0.2, 0.25) is 0 Å². The van der Waals surface area contributed by atoms with Crippen LogP contribution in [0.15, 0.2) is 0 Å². The van der Waals surface area contributed by atoms with E-state index in [1.54, 1.807) is 6.92 Å². The lowest BCUT2D eigenvalue weighted by Gasteiger charge is -2.28. The summed E-state index contributed by atoms with van der Waals surface area (Å²) in [6.45, 7) is 9.36. The van der Waals surface area contributed by atoms with Crippen LogP contribution in [0.3, 0.4) is 0 Å². The third-order valence-corrected chi connectivity index (χ3v) is 3.46. The van der Waals surface area contributed by atoms with Gasteiger partial charge >= 0.3 is 0 Å². The van der Waals surface area contributed by atoms with Crippen LogP contribution in [0, 0.1) is 0 Å². The van der Waals surface area contributed by atoms with Gasteiger partial charge < -0.3 is 31.1 Å². The molecule has 0 heterocycles. The summed E-state index contributed by atoms with van der Waals surface area (Å²) in [6.07, 6.45) is -0.410. The zero-order valence-electron chi connectivity index (χ0n) is 14.5. The van der Waals surface area contributed by atoms with Gasteiger partial charge in [-0.1, -0.05) is 0 Å². The largest absolute Gasteiger partial charge is 0.395 e. The highest BCUT2D eigenvalue weighted by molar-refractivity contribution is 4.67. The number of nitrogens with one attached hydrogen (secondary N) is 2. The molecule has 0 fully saturated rings. The standard InChI is InChI=1S/C15H36N4O4/c1-15(23)14-19(10-13-22)9-8-18(6-2-16-4-11-20)7-3-17-5-12-21/h15-17,20-23H,2-14H2,1H3. The summed E-state index contributed by atoms with van der Waals surface area (Å²) in [5.41, 5.74) is 0. The van der Waals surface area contributed by atoms with Gasteiger partial charge in [0.05, 0.1) is 25.9 Å². The number of aliphatic hydroxyl groups excluding tert-OH is 4. The number of rotatable bonds is 17. The quantitative estimate of drug-likeness (QED) is 0.157. The van der Waals surface area contributed by atoms with Crippen molar-refractivity contribution in [1.82, 2.24) is 20.4 Å². The molecule has 1 atom stereocenters. The first kappa shape index (κ1) is 22.7. The molecule has 0 spiro atoms. The van der Waals surface area contributed by atoms with Crippen molar-refractivity contribution in [1.29, 1.82) is 0 Å². The Hall–Kier alpha value is -0.320. The second-order valence-corrected chi connectivity index (χ2v) is 5.66. The summed E-state index contributed by atoms with van der Waals surface area (Å²) >= 11 is 0. The molecule has 140 valence electrons. The Bertz CT molecular complexity index is 236. The number of aliphatic hydroxyl groups is 4. The van der Waals surface area contributed by atoms with E-state index < -0.39 is 6.10 Å². The van der Waals surface area contributed by atoms with Crippen molar-refractivity contribution in [3.05, 3.63) is 0 Å². The van der Waals surface area contributed by atoms with Crippen LogP contribution in [0.25, 0.3) is 0 Å². The van der Waals surface area contributed by atoms with Crippen LogP contribution in [0.4, 0.5) is 0 Å². The molecule has 0 aliphatic rings. The molecule has 0 bridgehead atoms. The van der Waals surface area contributed by atoms with Crippen LogP contribution in [-0.2, 0) is 0 Å². The molecule has 0 rings (SSSR count). The van der Waals surface area contributed by atoms with E-state index in [9.17, 15) is 5.11 Å². The van der Waals surface area contributed by atoms with Gasteiger partial charge in [-0.3, -0.25) is 9.80 Å². The summed E-state index contributed by atoms with van der Waals surface area (Å²) < 4.78 is 0. The zero-order valence-corrected chi connectivity index (χ0v) is 14.5. The van der Waals surface area contributed by atoms with Gasteiger partial charge in [-0.2, -0.15) is 0 Å². The van der Waals surface area contributed by atoms with Gasteiger partial charge in [0.15, 0.2) is 0 Å². The van der Waals surface area contributed by atoms with Gasteiger partial charge in [-0.15, -0.1) is 0 Å². The molecule has 0 radical (unpaired) electrons.